The zero-order valence-corrected chi connectivity index (χ0v) is 21.1. The Bertz CT molecular complexity index is 1370. The van der Waals surface area contributed by atoms with Gasteiger partial charge in [0.05, 0.1) is 0 Å². The Hall–Kier alpha value is -3.43. The summed E-state index contributed by atoms with van der Waals surface area (Å²) in [6, 6.07) is 14.1. The van der Waals surface area contributed by atoms with Crippen LogP contribution in [0.4, 0.5) is 5.69 Å². The minimum Gasteiger partial charge on any atom is -0.332 e. The van der Waals surface area contributed by atoms with Crippen LogP contribution in [0.25, 0.3) is 21.6 Å². The Balaban J connectivity index is 1.37. The van der Waals surface area contributed by atoms with Gasteiger partial charge in [0.1, 0.15) is 5.01 Å². The molecule has 0 aliphatic carbocycles. The summed E-state index contributed by atoms with van der Waals surface area (Å²) in [5, 5.41) is 19.9. The smallest absolute Gasteiger partial charge is 0.250 e. The fourth-order valence-electron chi connectivity index (χ4n) is 3.40. The summed E-state index contributed by atoms with van der Waals surface area (Å²) in [7, 11) is 0. The molecule has 0 aliphatic heterocycles. The van der Waals surface area contributed by atoms with Crippen molar-refractivity contribution in [2.45, 2.75) is 40.0 Å². The first kappa shape index (κ1) is 23.7. The maximum absolute atomic E-state index is 12.3. The van der Waals surface area contributed by atoms with Crippen LogP contribution in [0, 0.1) is 6.92 Å². The third-order valence-electron chi connectivity index (χ3n) is 5.36. The topological polar surface area (TPSA) is 84.2 Å². The van der Waals surface area contributed by atoms with Gasteiger partial charge in [0, 0.05) is 23.7 Å². The standard InChI is InChI=1S/C25H26N6OS2/c1-5-21-28-29-25-31(21)30-23(34-25)19-11-12-20(16(4)14-19)26-24(33)27-22(32)13-8-17-6-9-18(10-7-17)15(2)3/h6-15H,5H2,1-4H3,(H2,26,27,32,33)/b13-8+. The van der Waals surface area contributed by atoms with Crippen molar-refractivity contribution in [2.24, 2.45) is 0 Å². The SMILES string of the molecule is CCc1nnc2sc(-c3ccc(NC(=S)NC(=O)/C=C/c4ccc(C(C)C)cc4)c(C)c3)nn12. The number of benzene rings is 2. The number of nitrogens with one attached hydrogen (secondary N) is 2. The van der Waals surface area contributed by atoms with E-state index in [1.165, 1.54) is 23.0 Å². The number of aryl methyl sites for hydroxylation is 2. The molecule has 7 nitrogen and oxygen atoms in total. The van der Waals surface area contributed by atoms with Crippen molar-refractivity contribution < 1.29 is 4.79 Å². The molecular weight excluding hydrogens is 464 g/mol. The normalized spacial score (nSPS) is 11.4. The van der Waals surface area contributed by atoms with Crippen LogP contribution in [0.1, 0.15) is 49.2 Å². The van der Waals surface area contributed by atoms with Gasteiger partial charge in [0.15, 0.2) is 10.9 Å². The predicted octanol–water partition coefficient (Wildman–Crippen LogP) is 5.37. The molecule has 1 amide bonds. The average molecular weight is 491 g/mol. The van der Waals surface area contributed by atoms with E-state index in [0.717, 1.165) is 44.6 Å². The van der Waals surface area contributed by atoms with E-state index in [1.54, 1.807) is 10.6 Å². The number of hydrogen-bond donors (Lipinski definition) is 2. The van der Waals surface area contributed by atoms with Gasteiger partial charge in [-0.3, -0.25) is 10.1 Å². The van der Waals surface area contributed by atoms with Crippen molar-refractivity contribution in [3.05, 3.63) is 71.1 Å². The van der Waals surface area contributed by atoms with Crippen molar-refractivity contribution in [1.29, 1.82) is 0 Å². The van der Waals surface area contributed by atoms with Crippen LogP contribution in [-0.2, 0) is 11.2 Å². The predicted molar refractivity (Wildman–Crippen MR) is 142 cm³/mol. The lowest BCUT2D eigenvalue weighted by Gasteiger charge is -2.11. The van der Waals surface area contributed by atoms with Crippen LogP contribution < -0.4 is 10.6 Å². The fourth-order valence-corrected chi connectivity index (χ4v) is 4.47. The molecule has 2 N–H and O–H groups in total. The zero-order valence-electron chi connectivity index (χ0n) is 19.5. The number of carbonyl (C=O) groups is 1. The second-order valence-electron chi connectivity index (χ2n) is 8.20. The fraction of sp³-hybridized carbons (Fsp3) is 0.240. The van der Waals surface area contributed by atoms with E-state index in [9.17, 15) is 4.79 Å². The number of carbonyl (C=O) groups excluding carboxylic acids is 1. The molecule has 34 heavy (non-hydrogen) atoms. The Morgan fingerprint density at radius 1 is 1.18 bits per heavy atom. The van der Waals surface area contributed by atoms with Gasteiger partial charge in [-0.15, -0.1) is 10.2 Å². The molecule has 0 fully saturated rings. The van der Waals surface area contributed by atoms with Crippen LogP contribution in [0.3, 0.4) is 0 Å². The third kappa shape index (κ3) is 5.37. The van der Waals surface area contributed by atoms with Gasteiger partial charge >= 0.3 is 0 Å². The highest BCUT2D eigenvalue weighted by atomic mass is 32.1. The lowest BCUT2D eigenvalue weighted by molar-refractivity contribution is -0.115. The van der Waals surface area contributed by atoms with Crippen LogP contribution in [0.15, 0.2) is 48.5 Å². The number of fused-ring (bicyclic) bond motifs is 1. The minimum atomic E-state index is -0.286. The largest absolute Gasteiger partial charge is 0.332 e. The minimum absolute atomic E-state index is 0.243. The highest BCUT2D eigenvalue weighted by molar-refractivity contribution is 7.80. The number of nitrogens with zero attached hydrogens (tertiary/aromatic N) is 4. The first-order valence-corrected chi connectivity index (χ1v) is 12.3. The molecule has 0 bridgehead atoms. The van der Waals surface area contributed by atoms with Crippen molar-refractivity contribution in [3.8, 4) is 10.6 Å². The summed E-state index contributed by atoms with van der Waals surface area (Å²) in [6.07, 6.45) is 4.02. The first-order chi connectivity index (χ1) is 16.3. The van der Waals surface area contributed by atoms with Gasteiger partial charge in [0.25, 0.3) is 0 Å². The van der Waals surface area contributed by atoms with Crippen molar-refractivity contribution >= 4 is 51.3 Å². The highest BCUT2D eigenvalue weighted by Gasteiger charge is 2.13. The molecule has 0 aliphatic rings. The van der Waals surface area contributed by atoms with Gasteiger partial charge in [-0.1, -0.05) is 56.4 Å². The quantitative estimate of drug-likeness (QED) is 0.279. The van der Waals surface area contributed by atoms with E-state index in [0.29, 0.717) is 5.92 Å². The maximum atomic E-state index is 12.3. The van der Waals surface area contributed by atoms with E-state index in [2.05, 4.69) is 51.9 Å². The van der Waals surface area contributed by atoms with Crippen LogP contribution in [0.2, 0.25) is 0 Å². The molecule has 0 atom stereocenters. The lowest BCUT2D eigenvalue weighted by Crippen LogP contribution is -2.33. The summed E-state index contributed by atoms with van der Waals surface area (Å²) in [6.45, 7) is 8.31. The Morgan fingerprint density at radius 2 is 1.94 bits per heavy atom. The Morgan fingerprint density at radius 3 is 2.62 bits per heavy atom. The lowest BCUT2D eigenvalue weighted by atomic mass is 10.0. The van der Waals surface area contributed by atoms with E-state index in [-0.39, 0.29) is 11.0 Å². The summed E-state index contributed by atoms with van der Waals surface area (Å²) < 4.78 is 1.79. The summed E-state index contributed by atoms with van der Waals surface area (Å²) in [4.78, 5) is 13.1. The molecular formula is C25H26N6OS2. The molecule has 2 aromatic carbocycles. The number of amides is 1. The molecule has 2 heterocycles. The maximum Gasteiger partial charge on any atom is 0.250 e. The number of thiocarbonyl (C=S) groups is 1. The molecule has 0 radical (unpaired) electrons. The van der Waals surface area contributed by atoms with Gasteiger partial charge < -0.3 is 5.32 Å². The van der Waals surface area contributed by atoms with Gasteiger partial charge in [-0.2, -0.15) is 9.61 Å². The summed E-state index contributed by atoms with van der Waals surface area (Å²) >= 11 is 6.83. The highest BCUT2D eigenvalue weighted by Crippen LogP contribution is 2.28. The van der Waals surface area contributed by atoms with E-state index in [1.807, 2.05) is 44.2 Å². The van der Waals surface area contributed by atoms with Gasteiger partial charge in [-0.25, -0.2) is 0 Å². The molecule has 2 aromatic heterocycles. The molecule has 4 aromatic rings. The molecule has 0 saturated heterocycles. The first-order valence-electron chi connectivity index (χ1n) is 11.1. The van der Waals surface area contributed by atoms with Crippen molar-refractivity contribution in [3.63, 3.8) is 0 Å². The van der Waals surface area contributed by atoms with Crippen LogP contribution >= 0.6 is 23.6 Å². The molecule has 0 unspecified atom stereocenters. The van der Waals surface area contributed by atoms with E-state index in [4.69, 9.17) is 12.2 Å². The monoisotopic (exact) mass is 490 g/mol. The number of rotatable bonds is 6. The number of aromatic nitrogens is 4. The van der Waals surface area contributed by atoms with Gasteiger partial charge in [-0.05, 0) is 66.0 Å². The van der Waals surface area contributed by atoms with E-state index >= 15 is 0 Å². The van der Waals surface area contributed by atoms with Gasteiger partial charge in [0.2, 0.25) is 10.9 Å². The molecule has 174 valence electrons. The molecule has 9 heteroatoms. The third-order valence-corrected chi connectivity index (χ3v) is 6.51. The second-order valence-corrected chi connectivity index (χ2v) is 9.56. The average Bonchev–Trinajstić information content (AvgIpc) is 3.40. The zero-order chi connectivity index (χ0) is 24.2. The molecule has 0 spiro atoms. The number of anilines is 1. The van der Waals surface area contributed by atoms with Crippen molar-refractivity contribution in [1.82, 2.24) is 25.1 Å². The molecule has 0 saturated carbocycles. The second kappa shape index (κ2) is 10.2. The number of hydrogen-bond acceptors (Lipinski definition) is 6. The molecule has 4 rings (SSSR count). The van der Waals surface area contributed by atoms with Crippen LogP contribution in [0.5, 0.6) is 0 Å². The summed E-state index contributed by atoms with van der Waals surface area (Å²) in [5.41, 5.74) is 5.01. The summed E-state index contributed by atoms with van der Waals surface area (Å²) in [5.74, 6) is 1.03. The Kier molecular flexibility index (Phi) is 7.14. The van der Waals surface area contributed by atoms with Crippen LogP contribution in [-0.4, -0.2) is 30.8 Å². The van der Waals surface area contributed by atoms with Crippen molar-refractivity contribution in [2.75, 3.05) is 5.32 Å². The van der Waals surface area contributed by atoms with E-state index < -0.39 is 0 Å². The Labute approximate surface area is 207 Å².